The van der Waals surface area contributed by atoms with Crippen LogP contribution in [0, 0.1) is 12.8 Å². The van der Waals surface area contributed by atoms with Crippen molar-refractivity contribution in [1.82, 2.24) is 4.90 Å². The third-order valence-electron chi connectivity index (χ3n) is 5.64. The van der Waals surface area contributed by atoms with E-state index in [-0.39, 0.29) is 23.9 Å². The SMILES string of the molecule is Cc1cccc(CN2C(=O)N(c3ccc(Cl)cc3)C(=O)C3CC(Br)CCC32)c1. The number of anilines is 1. The third-order valence-corrected chi connectivity index (χ3v) is 6.73. The van der Waals surface area contributed by atoms with Crippen molar-refractivity contribution >= 4 is 45.2 Å². The van der Waals surface area contributed by atoms with Crippen molar-refractivity contribution < 1.29 is 9.59 Å². The van der Waals surface area contributed by atoms with Crippen LogP contribution >= 0.6 is 27.5 Å². The molecule has 6 heteroatoms. The van der Waals surface area contributed by atoms with Crippen LogP contribution in [0.2, 0.25) is 5.02 Å². The molecule has 0 spiro atoms. The Hall–Kier alpha value is -1.85. The molecule has 2 aromatic carbocycles. The van der Waals surface area contributed by atoms with Gasteiger partial charge in [-0.15, -0.1) is 0 Å². The van der Waals surface area contributed by atoms with E-state index in [1.54, 1.807) is 24.3 Å². The van der Waals surface area contributed by atoms with E-state index in [0.717, 1.165) is 30.4 Å². The van der Waals surface area contributed by atoms with Gasteiger partial charge in [0.1, 0.15) is 0 Å². The van der Waals surface area contributed by atoms with Gasteiger partial charge in [-0.1, -0.05) is 57.4 Å². The molecule has 1 saturated heterocycles. The van der Waals surface area contributed by atoms with E-state index < -0.39 is 0 Å². The lowest BCUT2D eigenvalue weighted by Crippen LogP contribution is -2.63. The van der Waals surface area contributed by atoms with Crippen LogP contribution in [0.25, 0.3) is 0 Å². The van der Waals surface area contributed by atoms with Crippen LogP contribution in [0.15, 0.2) is 48.5 Å². The zero-order valence-corrected chi connectivity index (χ0v) is 18.0. The van der Waals surface area contributed by atoms with Crippen molar-refractivity contribution in [3.63, 3.8) is 0 Å². The second kappa shape index (κ2) is 7.88. The first-order chi connectivity index (χ1) is 13.4. The average molecular weight is 462 g/mol. The van der Waals surface area contributed by atoms with Gasteiger partial charge >= 0.3 is 6.03 Å². The highest BCUT2D eigenvalue weighted by molar-refractivity contribution is 9.09. The zero-order chi connectivity index (χ0) is 19.8. The van der Waals surface area contributed by atoms with Gasteiger partial charge in [-0.05, 0) is 56.0 Å². The van der Waals surface area contributed by atoms with Gasteiger partial charge in [-0.2, -0.15) is 0 Å². The van der Waals surface area contributed by atoms with E-state index in [1.807, 2.05) is 30.0 Å². The highest BCUT2D eigenvalue weighted by Crippen LogP contribution is 2.39. The summed E-state index contributed by atoms with van der Waals surface area (Å²) in [5.41, 5.74) is 2.82. The van der Waals surface area contributed by atoms with Gasteiger partial charge < -0.3 is 4.90 Å². The number of urea groups is 1. The Bertz CT molecular complexity index is 902. The van der Waals surface area contributed by atoms with Gasteiger partial charge in [0.2, 0.25) is 5.91 Å². The van der Waals surface area contributed by atoms with Crippen LogP contribution in [0.1, 0.15) is 30.4 Å². The molecule has 0 N–H and O–H groups in total. The van der Waals surface area contributed by atoms with Gasteiger partial charge in [-0.25, -0.2) is 9.69 Å². The summed E-state index contributed by atoms with van der Waals surface area (Å²) in [6, 6.07) is 14.8. The molecule has 0 radical (unpaired) electrons. The van der Waals surface area contributed by atoms with Crippen molar-refractivity contribution in [3.05, 3.63) is 64.7 Å². The maximum absolute atomic E-state index is 13.4. The maximum atomic E-state index is 13.4. The van der Waals surface area contributed by atoms with E-state index in [1.165, 1.54) is 4.90 Å². The van der Waals surface area contributed by atoms with Gasteiger partial charge in [-0.3, -0.25) is 4.79 Å². The summed E-state index contributed by atoms with van der Waals surface area (Å²) < 4.78 is 0. The highest BCUT2D eigenvalue weighted by atomic mass is 79.9. The molecule has 1 saturated carbocycles. The Kier molecular flexibility index (Phi) is 5.48. The molecule has 3 atom stereocenters. The van der Waals surface area contributed by atoms with Crippen molar-refractivity contribution in [2.24, 2.45) is 5.92 Å². The Morgan fingerprint density at radius 2 is 1.86 bits per heavy atom. The van der Waals surface area contributed by atoms with Crippen molar-refractivity contribution in [1.29, 1.82) is 0 Å². The summed E-state index contributed by atoms with van der Waals surface area (Å²) in [5, 5.41) is 0.577. The quantitative estimate of drug-likeness (QED) is 0.562. The fourth-order valence-corrected chi connectivity index (χ4v) is 5.09. The molecule has 4 nitrogen and oxygen atoms in total. The molecule has 1 heterocycles. The molecule has 0 aromatic heterocycles. The monoisotopic (exact) mass is 460 g/mol. The fraction of sp³-hybridized carbons (Fsp3) is 0.364. The van der Waals surface area contributed by atoms with Crippen LogP contribution < -0.4 is 4.90 Å². The second-order valence-electron chi connectivity index (χ2n) is 7.63. The third kappa shape index (κ3) is 3.70. The summed E-state index contributed by atoms with van der Waals surface area (Å²) >= 11 is 9.68. The number of hydrogen-bond acceptors (Lipinski definition) is 2. The highest BCUT2D eigenvalue weighted by Gasteiger charge is 2.48. The first-order valence-electron chi connectivity index (χ1n) is 9.54. The lowest BCUT2D eigenvalue weighted by molar-refractivity contribution is -0.126. The molecule has 2 aromatic rings. The van der Waals surface area contributed by atoms with Crippen LogP contribution in [-0.4, -0.2) is 27.7 Å². The molecule has 1 aliphatic carbocycles. The normalized spacial score (nSPS) is 25.0. The van der Waals surface area contributed by atoms with E-state index in [9.17, 15) is 9.59 Å². The van der Waals surface area contributed by atoms with Crippen LogP contribution in [-0.2, 0) is 11.3 Å². The summed E-state index contributed by atoms with van der Waals surface area (Å²) in [7, 11) is 0. The Morgan fingerprint density at radius 3 is 2.57 bits per heavy atom. The number of carbonyl (C=O) groups is 2. The molecular weight excluding hydrogens is 440 g/mol. The minimum Gasteiger partial charge on any atom is -0.316 e. The molecule has 3 amide bonds. The number of nitrogens with zero attached hydrogens (tertiary/aromatic N) is 2. The minimum atomic E-state index is -0.247. The first-order valence-corrected chi connectivity index (χ1v) is 10.8. The summed E-state index contributed by atoms with van der Waals surface area (Å²) in [6.07, 6.45) is 2.54. The second-order valence-corrected chi connectivity index (χ2v) is 9.37. The van der Waals surface area contributed by atoms with Crippen LogP contribution in [0.3, 0.4) is 0 Å². The zero-order valence-electron chi connectivity index (χ0n) is 15.6. The van der Waals surface area contributed by atoms with Gasteiger partial charge in [0.05, 0.1) is 11.6 Å². The molecule has 2 fully saturated rings. The fourth-order valence-electron chi connectivity index (χ4n) is 4.29. The standard InChI is InChI=1S/C22H22BrClN2O2/c1-14-3-2-4-15(11-14)13-25-20-10-5-16(23)12-19(20)21(27)26(22(25)28)18-8-6-17(24)7-9-18/h2-4,6-9,11,16,19-20H,5,10,12-13H2,1H3. The smallest absolute Gasteiger partial charge is 0.316 e. The van der Waals surface area contributed by atoms with Crippen molar-refractivity contribution in [3.8, 4) is 0 Å². The predicted molar refractivity (Wildman–Crippen MR) is 115 cm³/mol. The number of halogens is 2. The minimum absolute atomic E-state index is 0.0575. The number of amides is 3. The van der Waals surface area contributed by atoms with Gasteiger partial charge in [0.25, 0.3) is 0 Å². The van der Waals surface area contributed by atoms with E-state index in [0.29, 0.717) is 22.1 Å². The number of benzene rings is 2. The first kappa shape index (κ1) is 19.5. The number of hydrogen-bond donors (Lipinski definition) is 0. The number of alkyl halides is 1. The molecular formula is C22H22BrClN2O2. The van der Waals surface area contributed by atoms with E-state index in [2.05, 4.69) is 22.0 Å². The van der Waals surface area contributed by atoms with Crippen molar-refractivity contribution in [2.45, 2.75) is 43.6 Å². The number of carbonyl (C=O) groups excluding carboxylic acids is 2. The molecule has 146 valence electrons. The lowest BCUT2D eigenvalue weighted by atomic mass is 9.80. The number of aryl methyl sites for hydroxylation is 1. The number of fused-ring (bicyclic) bond motifs is 1. The predicted octanol–water partition coefficient (Wildman–Crippen LogP) is 5.55. The molecule has 1 aliphatic heterocycles. The Morgan fingerprint density at radius 1 is 1.11 bits per heavy atom. The molecule has 2 aliphatic rings. The molecule has 3 unspecified atom stereocenters. The van der Waals surface area contributed by atoms with Gasteiger partial charge in [0, 0.05) is 22.4 Å². The largest absolute Gasteiger partial charge is 0.331 e. The van der Waals surface area contributed by atoms with Crippen molar-refractivity contribution in [2.75, 3.05) is 4.90 Å². The maximum Gasteiger partial charge on any atom is 0.331 e. The average Bonchev–Trinajstić information content (AvgIpc) is 2.67. The number of rotatable bonds is 3. The number of imide groups is 1. The van der Waals surface area contributed by atoms with Gasteiger partial charge in [0.15, 0.2) is 0 Å². The molecule has 28 heavy (non-hydrogen) atoms. The van der Waals surface area contributed by atoms with Crippen LogP contribution in [0.5, 0.6) is 0 Å². The lowest BCUT2D eigenvalue weighted by Gasteiger charge is -2.47. The summed E-state index contributed by atoms with van der Waals surface area (Å²) in [4.78, 5) is 30.2. The van der Waals surface area contributed by atoms with E-state index in [4.69, 9.17) is 11.6 Å². The molecule has 0 bridgehead atoms. The summed E-state index contributed by atoms with van der Waals surface area (Å²) in [5.74, 6) is -0.307. The van der Waals surface area contributed by atoms with E-state index >= 15 is 0 Å². The molecule has 4 rings (SSSR count). The Balaban J connectivity index is 1.71. The van der Waals surface area contributed by atoms with Crippen LogP contribution in [0.4, 0.5) is 10.5 Å². The topological polar surface area (TPSA) is 40.6 Å². The Labute approximate surface area is 178 Å². The summed E-state index contributed by atoms with van der Waals surface area (Å²) in [6.45, 7) is 2.55.